The molecule has 0 fully saturated rings. The number of ether oxygens (including phenoxy) is 2. The third-order valence-electron chi connectivity index (χ3n) is 2.65. The van der Waals surface area contributed by atoms with E-state index in [4.69, 9.17) is 21.1 Å². The highest BCUT2D eigenvalue weighted by molar-refractivity contribution is 6.18. The Bertz CT molecular complexity index is 494. The molecule has 1 rings (SSSR count). The van der Waals surface area contributed by atoms with Crippen LogP contribution in [0.3, 0.4) is 0 Å². The van der Waals surface area contributed by atoms with E-state index in [-0.39, 0.29) is 23.7 Å². The van der Waals surface area contributed by atoms with Gasteiger partial charge in [0.05, 0.1) is 19.8 Å². The van der Waals surface area contributed by atoms with Crippen molar-refractivity contribution in [2.24, 2.45) is 0 Å². The predicted molar refractivity (Wildman–Crippen MR) is 72.2 cm³/mol. The smallest absolute Gasteiger partial charge is 0.406 e. The zero-order valence-electron chi connectivity index (χ0n) is 11.5. The Hall–Kier alpha value is -1.63. The molecular weight excluding hydrogens is 311 g/mol. The van der Waals surface area contributed by atoms with E-state index in [9.17, 15) is 18.0 Å². The first-order valence-corrected chi connectivity index (χ1v) is 6.50. The minimum atomic E-state index is -4.51. The first-order chi connectivity index (χ1) is 9.82. The topological polar surface area (TPSA) is 38.8 Å². The van der Waals surface area contributed by atoms with Crippen molar-refractivity contribution in [2.75, 3.05) is 33.2 Å². The normalized spacial score (nSPS) is 11.1. The Balaban J connectivity index is 3.12. The molecule has 0 aliphatic heterocycles. The number of hydrogen-bond acceptors (Lipinski definition) is 3. The fourth-order valence-electron chi connectivity index (χ4n) is 1.72. The van der Waals surface area contributed by atoms with Crippen LogP contribution in [0.15, 0.2) is 18.2 Å². The maximum Gasteiger partial charge on any atom is 0.406 e. The first-order valence-electron chi connectivity index (χ1n) is 5.96. The summed E-state index contributed by atoms with van der Waals surface area (Å²) in [6.07, 6.45) is -4.51. The summed E-state index contributed by atoms with van der Waals surface area (Å²) in [7, 11) is 2.72. The lowest BCUT2D eigenvalue weighted by Gasteiger charge is -2.24. The molecule has 0 aliphatic rings. The van der Waals surface area contributed by atoms with Crippen molar-refractivity contribution in [3.63, 3.8) is 0 Å². The number of hydrogen-bond donors (Lipinski definition) is 0. The van der Waals surface area contributed by atoms with Gasteiger partial charge in [0.15, 0.2) is 0 Å². The summed E-state index contributed by atoms with van der Waals surface area (Å²) in [5, 5.41) is 0. The molecule has 0 radical (unpaired) electrons. The molecule has 1 aromatic carbocycles. The van der Waals surface area contributed by atoms with Crippen LogP contribution in [0, 0.1) is 0 Å². The Labute approximate surface area is 125 Å². The molecule has 4 nitrogen and oxygen atoms in total. The van der Waals surface area contributed by atoms with E-state index in [1.165, 1.54) is 26.4 Å². The quantitative estimate of drug-likeness (QED) is 0.755. The zero-order chi connectivity index (χ0) is 16.0. The molecule has 0 N–H and O–H groups in total. The Morgan fingerprint density at radius 3 is 2.43 bits per heavy atom. The van der Waals surface area contributed by atoms with Crippen LogP contribution in [0.25, 0.3) is 0 Å². The van der Waals surface area contributed by atoms with E-state index in [0.717, 1.165) is 0 Å². The molecule has 0 aromatic heterocycles. The van der Waals surface area contributed by atoms with E-state index in [0.29, 0.717) is 10.6 Å². The van der Waals surface area contributed by atoms with Crippen molar-refractivity contribution in [1.82, 2.24) is 4.90 Å². The molecule has 21 heavy (non-hydrogen) atoms. The molecule has 0 saturated heterocycles. The number of carbonyl (C=O) groups excluding carboxylic acids is 1. The number of methoxy groups -OCH3 is 2. The monoisotopic (exact) mass is 325 g/mol. The molecule has 0 heterocycles. The van der Waals surface area contributed by atoms with Gasteiger partial charge in [0.1, 0.15) is 18.0 Å². The minimum Gasteiger partial charge on any atom is -0.497 e. The maximum absolute atomic E-state index is 12.5. The van der Waals surface area contributed by atoms with Crippen LogP contribution in [-0.2, 0) is 0 Å². The molecule has 0 unspecified atom stereocenters. The SMILES string of the molecule is COc1ccc(OC)c(C(=O)N(CCCl)CC(F)(F)F)c1. The molecule has 0 atom stereocenters. The van der Waals surface area contributed by atoms with Gasteiger partial charge in [-0.2, -0.15) is 13.2 Å². The van der Waals surface area contributed by atoms with Gasteiger partial charge in [-0.1, -0.05) is 0 Å². The Morgan fingerprint density at radius 2 is 1.95 bits per heavy atom. The molecule has 0 aliphatic carbocycles. The van der Waals surface area contributed by atoms with Gasteiger partial charge in [0.25, 0.3) is 5.91 Å². The van der Waals surface area contributed by atoms with Crippen molar-refractivity contribution in [1.29, 1.82) is 0 Å². The second-order valence-corrected chi connectivity index (χ2v) is 4.48. The fourth-order valence-corrected chi connectivity index (χ4v) is 1.93. The van der Waals surface area contributed by atoms with Crippen molar-refractivity contribution in [3.8, 4) is 11.5 Å². The molecule has 0 saturated carbocycles. The third-order valence-corrected chi connectivity index (χ3v) is 2.82. The lowest BCUT2D eigenvalue weighted by atomic mass is 10.1. The van der Waals surface area contributed by atoms with E-state index < -0.39 is 18.6 Å². The van der Waals surface area contributed by atoms with Crippen molar-refractivity contribution in [3.05, 3.63) is 23.8 Å². The maximum atomic E-state index is 12.5. The highest BCUT2D eigenvalue weighted by Gasteiger charge is 2.34. The number of rotatable bonds is 6. The van der Waals surface area contributed by atoms with Gasteiger partial charge < -0.3 is 14.4 Å². The molecule has 1 amide bonds. The average molecular weight is 326 g/mol. The number of amides is 1. The second-order valence-electron chi connectivity index (χ2n) is 4.10. The lowest BCUT2D eigenvalue weighted by Crippen LogP contribution is -2.40. The van der Waals surface area contributed by atoms with Gasteiger partial charge >= 0.3 is 6.18 Å². The van der Waals surface area contributed by atoms with E-state index >= 15 is 0 Å². The second kappa shape index (κ2) is 7.40. The summed E-state index contributed by atoms with van der Waals surface area (Å²) in [4.78, 5) is 12.9. The third kappa shape index (κ3) is 5.00. The highest BCUT2D eigenvalue weighted by Crippen LogP contribution is 2.26. The van der Waals surface area contributed by atoms with Gasteiger partial charge in [0, 0.05) is 12.4 Å². The molecular formula is C13H15ClF3NO3. The number of nitrogens with zero attached hydrogens (tertiary/aromatic N) is 1. The van der Waals surface area contributed by atoms with Gasteiger partial charge in [-0.25, -0.2) is 0 Å². The van der Waals surface area contributed by atoms with Crippen molar-refractivity contribution >= 4 is 17.5 Å². The van der Waals surface area contributed by atoms with E-state index in [1.807, 2.05) is 0 Å². The molecule has 0 bridgehead atoms. The standard InChI is InChI=1S/C13H15ClF3NO3/c1-20-9-3-4-11(21-2)10(7-9)12(19)18(6-5-14)8-13(15,16)17/h3-4,7H,5-6,8H2,1-2H3. The number of alkyl halides is 4. The average Bonchev–Trinajstić information content (AvgIpc) is 2.44. The van der Waals surface area contributed by atoms with Crippen LogP contribution < -0.4 is 9.47 Å². The Kier molecular flexibility index (Phi) is 6.14. The van der Waals surface area contributed by atoms with Crippen LogP contribution >= 0.6 is 11.6 Å². The van der Waals surface area contributed by atoms with Gasteiger partial charge in [-0.05, 0) is 18.2 Å². The summed E-state index contributed by atoms with van der Waals surface area (Å²) in [5.41, 5.74) is -0.00813. The van der Waals surface area contributed by atoms with Crippen LogP contribution in [0.1, 0.15) is 10.4 Å². The first kappa shape index (κ1) is 17.4. The number of benzene rings is 1. The lowest BCUT2D eigenvalue weighted by molar-refractivity contribution is -0.140. The Morgan fingerprint density at radius 1 is 1.29 bits per heavy atom. The largest absolute Gasteiger partial charge is 0.497 e. The summed E-state index contributed by atoms with van der Waals surface area (Å²) in [5.74, 6) is -0.406. The van der Waals surface area contributed by atoms with Gasteiger partial charge in [-0.3, -0.25) is 4.79 Å². The summed E-state index contributed by atoms with van der Waals surface area (Å²) >= 11 is 5.47. The molecule has 0 spiro atoms. The van der Waals surface area contributed by atoms with Crippen LogP contribution in [0.4, 0.5) is 13.2 Å². The van der Waals surface area contributed by atoms with Crippen LogP contribution in [-0.4, -0.2) is 50.2 Å². The minimum absolute atomic E-state index is 0.00813. The van der Waals surface area contributed by atoms with Crippen molar-refractivity contribution < 1.29 is 27.4 Å². The zero-order valence-corrected chi connectivity index (χ0v) is 12.3. The molecule has 1 aromatic rings. The fraction of sp³-hybridized carbons (Fsp3) is 0.462. The molecule has 118 valence electrons. The number of carbonyl (C=O) groups is 1. The predicted octanol–water partition coefficient (Wildman–Crippen LogP) is 2.95. The van der Waals surface area contributed by atoms with E-state index in [2.05, 4.69) is 0 Å². The van der Waals surface area contributed by atoms with E-state index in [1.54, 1.807) is 6.07 Å². The highest BCUT2D eigenvalue weighted by atomic mass is 35.5. The summed E-state index contributed by atoms with van der Waals surface area (Å²) < 4.78 is 47.6. The summed E-state index contributed by atoms with van der Waals surface area (Å²) in [6.45, 7) is -1.60. The van der Waals surface area contributed by atoms with Crippen LogP contribution in [0.2, 0.25) is 0 Å². The molecule has 8 heteroatoms. The number of halogens is 4. The summed E-state index contributed by atoms with van der Waals surface area (Å²) in [6, 6.07) is 4.34. The van der Waals surface area contributed by atoms with Crippen molar-refractivity contribution in [2.45, 2.75) is 6.18 Å². The van der Waals surface area contributed by atoms with Gasteiger partial charge in [0.2, 0.25) is 0 Å². The van der Waals surface area contributed by atoms with Gasteiger partial charge in [-0.15, -0.1) is 11.6 Å². The van der Waals surface area contributed by atoms with Crippen LogP contribution in [0.5, 0.6) is 11.5 Å².